The minimum absolute atomic E-state index is 0.0999. The van der Waals surface area contributed by atoms with E-state index in [1.54, 1.807) is 24.3 Å². The summed E-state index contributed by atoms with van der Waals surface area (Å²) in [6.07, 6.45) is 0.514. The number of nitrogens with one attached hydrogen (secondary N) is 1. The molecule has 3 saturated heterocycles. The van der Waals surface area contributed by atoms with Gasteiger partial charge in [-0.25, -0.2) is 9.78 Å². The second kappa shape index (κ2) is 11.9. The number of benzene rings is 2. The first-order valence-corrected chi connectivity index (χ1v) is 15.1. The number of para-hydroxylation sites is 1. The van der Waals surface area contributed by atoms with Crippen LogP contribution in [0.25, 0.3) is 10.9 Å². The van der Waals surface area contributed by atoms with Crippen LogP contribution in [-0.4, -0.2) is 112 Å². The third-order valence-corrected chi connectivity index (χ3v) is 8.48. The van der Waals surface area contributed by atoms with Gasteiger partial charge in [0.15, 0.2) is 0 Å². The first kappa shape index (κ1) is 29.1. The molecule has 1 N–H and O–H groups in total. The Morgan fingerprint density at radius 3 is 2.30 bits per heavy atom. The third-order valence-electron chi connectivity index (χ3n) is 8.48. The number of nitro groups is 1. The third kappa shape index (κ3) is 6.65. The molecule has 1 aromatic heterocycles. The fourth-order valence-electron chi connectivity index (χ4n) is 5.91. The van der Waals surface area contributed by atoms with E-state index in [0.717, 1.165) is 73.9 Å². The van der Waals surface area contributed by atoms with Crippen LogP contribution in [-0.2, 0) is 11.2 Å². The fraction of sp³-hybridized carbons (Fsp3) is 0.516. The summed E-state index contributed by atoms with van der Waals surface area (Å²) in [5, 5.41) is 15.4. The Labute approximate surface area is 251 Å². The molecule has 3 fully saturated rings. The van der Waals surface area contributed by atoms with Gasteiger partial charge >= 0.3 is 6.09 Å². The Morgan fingerprint density at radius 1 is 0.953 bits per heavy atom. The van der Waals surface area contributed by atoms with Gasteiger partial charge in [-0.05, 0) is 44.9 Å². The van der Waals surface area contributed by atoms with Crippen LogP contribution in [0, 0.1) is 10.1 Å². The molecule has 2 aromatic carbocycles. The molecule has 0 bridgehead atoms. The van der Waals surface area contributed by atoms with E-state index >= 15 is 0 Å². The molecule has 6 rings (SSSR count). The molecule has 43 heavy (non-hydrogen) atoms. The smallest absolute Gasteiger partial charge is 0.410 e. The molecule has 0 unspecified atom stereocenters. The molecule has 0 aliphatic carbocycles. The molecule has 1 amide bonds. The van der Waals surface area contributed by atoms with E-state index in [2.05, 4.69) is 20.0 Å². The summed E-state index contributed by atoms with van der Waals surface area (Å²) in [6, 6.07) is 15.7. The van der Waals surface area contributed by atoms with Gasteiger partial charge < -0.3 is 19.9 Å². The maximum atomic E-state index is 12.4. The summed E-state index contributed by atoms with van der Waals surface area (Å²) in [5.41, 5.74) is 1.57. The van der Waals surface area contributed by atoms with E-state index < -0.39 is 5.60 Å². The lowest BCUT2D eigenvalue weighted by Gasteiger charge is -2.55. The lowest BCUT2D eigenvalue weighted by Crippen LogP contribution is -2.71. The zero-order chi connectivity index (χ0) is 30.1. The molecule has 12 nitrogen and oxygen atoms in total. The summed E-state index contributed by atoms with van der Waals surface area (Å²) in [7, 11) is 0. The molecule has 0 radical (unpaired) electrons. The van der Waals surface area contributed by atoms with E-state index in [-0.39, 0.29) is 16.7 Å². The number of hydrogen-bond donors (Lipinski definition) is 1. The Bertz CT molecular complexity index is 1460. The van der Waals surface area contributed by atoms with Crippen molar-refractivity contribution in [3.8, 4) is 0 Å². The number of nitro benzene ring substituents is 1. The molecular formula is C31H40N8O4. The number of amides is 1. The molecule has 0 spiro atoms. The van der Waals surface area contributed by atoms with Crippen LogP contribution in [0.3, 0.4) is 0 Å². The van der Waals surface area contributed by atoms with Crippen molar-refractivity contribution in [2.24, 2.45) is 0 Å². The van der Waals surface area contributed by atoms with Crippen molar-refractivity contribution in [3.63, 3.8) is 0 Å². The number of non-ortho nitro benzene ring substituents is 1. The highest BCUT2D eigenvalue weighted by Gasteiger charge is 2.42. The number of nitrogens with zero attached hydrogens (tertiary/aromatic N) is 7. The monoisotopic (exact) mass is 588 g/mol. The Hall–Kier alpha value is -4.03. The van der Waals surface area contributed by atoms with Gasteiger partial charge in [-0.3, -0.25) is 19.9 Å². The SMILES string of the molecule is CC(C)(C)OC(=O)N1CCN(C2CN(C3CN(c4nc(NCCc5ccc([N+](=O)[O-])cc5)c5ccccc5n4)C3)C2)CC1. The Kier molecular flexibility index (Phi) is 8.06. The molecule has 0 saturated carbocycles. The van der Waals surface area contributed by atoms with Gasteiger partial charge in [-0.2, -0.15) is 4.98 Å². The largest absolute Gasteiger partial charge is 0.444 e. The number of carbonyl (C=O) groups is 1. The molecular weight excluding hydrogens is 548 g/mol. The highest BCUT2D eigenvalue weighted by molar-refractivity contribution is 5.90. The number of ether oxygens (including phenoxy) is 1. The normalized spacial score (nSPS) is 18.8. The van der Waals surface area contributed by atoms with Gasteiger partial charge in [0.2, 0.25) is 5.95 Å². The minimum atomic E-state index is -0.466. The second-order valence-corrected chi connectivity index (χ2v) is 12.7. The zero-order valence-electron chi connectivity index (χ0n) is 25.1. The predicted octanol–water partition coefficient (Wildman–Crippen LogP) is 3.62. The quantitative estimate of drug-likeness (QED) is 0.309. The summed E-state index contributed by atoms with van der Waals surface area (Å²) < 4.78 is 5.53. The second-order valence-electron chi connectivity index (χ2n) is 12.7. The summed E-state index contributed by atoms with van der Waals surface area (Å²) >= 11 is 0. The lowest BCUT2D eigenvalue weighted by atomic mass is 9.98. The topological polar surface area (TPSA) is 120 Å². The van der Waals surface area contributed by atoms with E-state index in [9.17, 15) is 14.9 Å². The van der Waals surface area contributed by atoms with Gasteiger partial charge in [0.05, 0.1) is 10.4 Å². The highest BCUT2D eigenvalue weighted by Crippen LogP contribution is 2.30. The lowest BCUT2D eigenvalue weighted by molar-refractivity contribution is -0.384. The summed E-state index contributed by atoms with van der Waals surface area (Å²) in [5.74, 6) is 1.55. The van der Waals surface area contributed by atoms with E-state index in [4.69, 9.17) is 14.7 Å². The van der Waals surface area contributed by atoms with E-state index in [1.807, 2.05) is 49.9 Å². The number of fused-ring (bicyclic) bond motifs is 1. The van der Waals surface area contributed by atoms with Gasteiger partial charge in [0, 0.05) is 88.5 Å². The molecule has 12 heteroatoms. The summed E-state index contributed by atoms with van der Waals surface area (Å²) in [6.45, 7) is 13.5. The number of likely N-dealkylation sites (tertiary alicyclic amines) is 1. The van der Waals surface area contributed by atoms with Gasteiger partial charge in [0.25, 0.3) is 5.69 Å². The fourth-order valence-corrected chi connectivity index (χ4v) is 5.91. The van der Waals surface area contributed by atoms with Crippen LogP contribution in [0.4, 0.5) is 22.2 Å². The number of rotatable bonds is 8. The maximum absolute atomic E-state index is 12.4. The first-order valence-electron chi connectivity index (χ1n) is 15.1. The number of aromatic nitrogens is 2. The van der Waals surface area contributed by atoms with Gasteiger partial charge in [-0.15, -0.1) is 0 Å². The molecule has 3 aliphatic rings. The molecule has 3 aliphatic heterocycles. The van der Waals surface area contributed by atoms with E-state index in [1.165, 1.54) is 0 Å². The molecule has 3 aromatic rings. The number of hydrogen-bond acceptors (Lipinski definition) is 10. The van der Waals surface area contributed by atoms with E-state index in [0.29, 0.717) is 31.7 Å². The van der Waals surface area contributed by atoms with Crippen molar-refractivity contribution in [3.05, 3.63) is 64.2 Å². The van der Waals surface area contributed by atoms with Crippen LogP contribution in [0.1, 0.15) is 26.3 Å². The number of piperazine rings is 1. The highest BCUT2D eigenvalue weighted by atomic mass is 16.6. The average Bonchev–Trinajstić information content (AvgIpc) is 2.93. The Balaban J connectivity index is 0.989. The minimum Gasteiger partial charge on any atom is -0.444 e. The van der Waals surface area contributed by atoms with Gasteiger partial charge in [-0.1, -0.05) is 24.3 Å². The maximum Gasteiger partial charge on any atom is 0.410 e. The summed E-state index contributed by atoms with van der Waals surface area (Å²) in [4.78, 5) is 41.8. The van der Waals surface area contributed by atoms with Crippen molar-refractivity contribution < 1.29 is 14.5 Å². The standard InChI is InChI=1S/C31H40N8O4/c1-31(2,3)43-30(40)36-16-14-35(15-17-36)24-18-37(19-24)25-20-38(21-25)29-33-27-7-5-4-6-26(27)28(34-29)32-13-12-22-8-10-23(11-9-22)39(41)42/h4-11,24-25H,12-21H2,1-3H3,(H,32,33,34). The zero-order valence-corrected chi connectivity index (χ0v) is 25.1. The molecule has 4 heterocycles. The van der Waals surface area contributed by atoms with Crippen LogP contribution >= 0.6 is 0 Å². The van der Waals surface area contributed by atoms with Crippen molar-refractivity contribution >= 4 is 34.4 Å². The van der Waals surface area contributed by atoms with Crippen LogP contribution < -0.4 is 10.2 Å². The first-order chi connectivity index (χ1) is 20.6. The number of anilines is 2. The van der Waals surface area contributed by atoms with Crippen LogP contribution in [0.2, 0.25) is 0 Å². The van der Waals surface area contributed by atoms with Crippen molar-refractivity contribution in [1.82, 2.24) is 24.7 Å². The predicted molar refractivity (Wildman–Crippen MR) is 166 cm³/mol. The van der Waals surface area contributed by atoms with Gasteiger partial charge in [0.1, 0.15) is 11.4 Å². The van der Waals surface area contributed by atoms with Crippen molar-refractivity contribution in [2.45, 2.75) is 44.9 Å². The van der Waals surface area contributed by atoms with Crippen LogP contribution in [0.15, 0.2) is 48.5 Å². The molecule has 228 valence electrons. The van der Waals surface area contributed by atoms with Crippen molar-refractivity contribution in [1.29, 1.82) is 0 Å². The molecule has 0 atom stereocenters. The number of carbonyl (C=O) groups excluding carboxylic acids is 1. The van der Waals surface area contributed by atoms with Crippen LogP contribution in [0.5, 0.6) is 0 Å². The average molecular weight is 589 g/mol. The van der Waals surface area contributed by atoms with Crippen molar-refractivity contribution in [2.75, 3.05) is 69.1 Å². The Morgan fingerprint density at radius 2 is 1.63 bits per heavy atom.